The third kappa shape index (κ3) is 7.38. The Bertz CT molecular complexity index is 1820. The lowest BCUT2D eigenvalue weighted by Crippen LogP contribution is -2.42. The van der Waals surface area contributed by atoms with Gasteiger partial charge in [-0.1, -0.05) is 42.5 Å². The van der Waals surface area contributed by atoms with Gasteiger partial charge in [0, 0.05) is 57.0 Å². The van der Waals surface area contributed by atoms with Crippen LogP contribution in [-0.2, 0) is 26.5 Å². The van der Waals surface area contributed by atoms with Crippen LogP contribution < -0.4 is 10.1 Å². The zero-order valence-corrected chi connectivity index (χ0v) is 29.0. The molecule has 0 aliphatic carbocycles. The molecule has 6 rings (SSSR count). The van der Waals surface area contributed by atoms with E-state index in [9.17, 15) is 13.2 Å². The smallest absolute Gasteiger partial charge is 0.257 e. The number of sulfone groups is 1. The van der Waals surface area contributed by atoms with Crippen LogP contribution in [0.5, 0.6) is 5.75 Å². The molecule has 1 aromatic heterocycles. The number of para-hydroxylation sites is 2. The highest BCUT2D eigenvalue weighted by molar-refractivity contribution is 7.90. The van der Waals surface area contributed by atoms with Crippen LogP contribution in [0.15, 0.2) is 77.7 Å². The van der Waals surface area contributed by atoms with Gasteiger partial charge in [-0.2, -0.15) is 0 Å². The summed E-state index contributed by atoms with van der Waals surface area (Å²) in [7, 11) is -1.97. The molecular weight excluding hydrogens is 627 g/mol. The number of nitrogens with one attached hydrogen (secondary N) is 1. The summed E-state index contributed by atoms with van der Waals surface area (Å²) < 4.78 is 37.9. The van der Waals surface area contributed by atoms with Crippen LogP contribution in [0.25, 0.3) is 11.0 Å². The van der Waals surface area contributed by atoms with Crippen molar-refractivity contribution in [2.75, 3.05) is 64.6 Å². The third-order valence-corrected chi connectivity index (χ3v) is 11.1. The van der Waals surface area contributed by atoms with Crippen molar-refractivity contribution >= 4 is 32.7 Å². The molecular formula is C37H47N5O5S. The van der Waals surface area contributed by atoms with E-state index in [4.69, 9.17) is 14.5 Å². The van der Waals surface area contributed by atoms with Crippen LogP contribution in [0.2, 0.25) is 0 Å². The summed E-state index contributed by atoms with van der Waals surface area (Å²) in [6.07, 6.45) is 4.96. The summed E-state index contributed by atoms with van der Waals surface area (Å²) in [5.41, 5.74) is 3.43. The van der Waals surface area contributed by atoms with Gasteiger partial charge >= 0.3 is 0 Å². The van der Waals surface area contributed by atoms with Gasteiger partial charge in [0.1, 0.15) is 5.75 Å². The van der Waals surface area contributed by atoms with Crippen molar-refractivity contribution in [3.8, 4) is 5.75 Å². The van der Waals surface area contributed by atoms with Gasteiger partial charge in [-0.15, -0.1) is 0 Å². The predicted octanol–water partition coefficient (Wildman–Crippen LogP) is 5.24. The minimum atomic E-state index is -3.48. The number of benzene rings is 3. The number of hydrogen-bond acceptors (Lipinski definition) is 8. The number of imidazole rings is 1. The minimum absolute atomic E-state index is 0.112. The molecule has 0 saturated carbocycles. The average Bonchev–Trinajstić information content (AvgIpc) is 3.70. The van der Waals surface area contributed by atoms with Crippen LogP contribution in [0.4, 0.5) is 5.95 Å². The average molecular weight is 674 g/mol. The van der Waals surface area contributed by atoms with E-state index < -0.39 is 9.84 Å². The van der Waals surface area contributed by atoms with Crippen molar-refractivity contribution in [2.24, 2.45) is 0 Å². The number of piperidine rings is 1. The van der Waals surface area contributed by atoms with Gasteiger partial charge in [0.25, 0.3) is 5.91 Å². The van der Waals surface area contributed by atoms with Crippen LogP contribution in [0.1, 0.15) is 48.5 Å². The molecule has 2 fully saturated rings. The molecule has 3 heterocycles. The summed E-state index contributed by atoms with van der Waals surface area (Å²) in [6.45, 7) is 8.19. The van der Waals surface area contributed by atoms with Crippen LogP contribution in [0.3, 0.4) is 0 Å². The van der Waals surface area contributed by atoms with E-state index in [-0.39, 0.29) is 21.8 Å². The standard InChI is InChI=1S/C37H47N5O5S/c1-4-47-25-24-42-33-13-9-8-12-32(33)39-36(42)38-29-16-20-40(21-17-29)22-18-37(28-10-6-5-7-11-28)19-23-41(27-37)35(43)31-26-30(48(3,44)45)14-15-34(31)46-2/h5-15,26,29H,4,16-25,27H2,1-3H3,(H,38,39). The molecule has 2 aliphatic heterocycles. The second-order valence-electron chi connectivity index (χ2n) is 13.0. The highest BCUT2D eigenvalue weighted by Crippen LogP contribution is 2.39. The largest absolute Gasteiger partial charge is 0.496 e. The number of fused-ring (bicyclic) bond motifs is 1. The van der Waals surface area contributed by atoms with Crippen LogP contribution in [0, 0.1) is 0 Å². The molecule has 2 saturated heterocycles. The predicted molar refractivity (Wildman–Crippen MR) is 189 cm³/mol. The first-order chi connectivity index (χ1) is 23.2. The number of nitrogens with zero attached hydrogens (tertiary/aromatic N) is 4. The van der Waals surface area contributed by atoms with Crippen molar-refractivity contribution < 1.29 is 22.7 Å². The Morgan fingerprint density at radius 1 is 1.00 bits per heavy atom. The summed E-state index contributed by atoms with van der Waals surface area (Å²) >= 11 is 0. The number of hydrogen-bond donors (Lipinski definition) is 1. The lowest BCUT2D eigenvalue weighted by atomic mass is 9.76. The molecule has 0 radical (unpaired) electrons. The second-order valence-corrected chi connectivity index (χ2v) is 15.1. The van der Waals surface area contributed by atoms with E-state index in [1.54, 1.807) is 6.07 Å². The topological polar surface area (TPSA) is 106 Å². The lowest BCUT2D eigenvalue weighted by Gasteiger charge is -2.36. The van der Waals surface area contributed by atoms with Gasteiger partial charge < -0.3 is 29.2 Å². The van der Waals surface area contributed by atoms with E-state index in [0.717, 1.165) is 75.1 Å². The van der Waals surface area contributed by atoms with E-state index in [1.807, 2.05) is 24.0 Å². The Balaban J connectivity index is 1.12. The second kappa shape index (κ2) is 14.7. The quantitative estimate of drug-likeness (QED) is 0.192. The number of carbonyl (C=O) groups excluding carboxylic acids is 1. The maximum absolute atomic E-state index is 13.9. The Morgan fingerprint density at radius 2 is 1.75 bits per heavy atom. The number of carbonyl (C=O) groups is 1. The highest BCUT2D eigenvalue weighted by atomic mass is 32.2. The highest BCUT2D eigenvalue weighted by Gasteiger charge is 2.42. The Morgan fingerprint density at radius 3 is 2.48 bits per heavy atom. The molecule has 0 spiro atoms. The molecule has 1 unspecified atom stereocenters. The van der Waals surface area contributed by atoms with Crippen molar-refractivity contribution in [3.63, 3.8) is 0 Å². The molecule has 1 N–H and O–H groups in total. The number of methoxy groups -OCH3 is 1. The van der Waals surface area contributed by atoms with Gasteiger partial charge in [0.2, 0.25) is 5.95 Å². The number of amides is 1. The molecule has 3 aromatic carbocycles. The Hall–Kier alpha value is -3.93. The lowest BCUT2D eigenvalue weighted by molar-refractivity contribution is 0.0776. The van der Waals surface area contributed by atoms with Gasteiger partial charge in [-0.25, -0.2) is 13.4 Å². The fourth-order valence-corrected chi connectivity index (χ4v) is 7.89. The van der Waals surface area contributed by atoms with Crippen LogP contribution >= 0.6 is 0 Å². The van der Waals surface area contributed by atoms with Crippen molar-refractivity contribution in [2.45, 2.75) is 55.5 Å². The first-order valence-corrected chi connectivity index (χ1v) is 18.8. The number of likely N-dealkylation sites (tertiary alicyclic amines) is 2. The fourth-order valence-electron chi connectivity index (χ4n) is 7.24. The summed E-state index contributed by atoms with van der Waals surface area (Å²) in [4.78, 5) is 23.3. The molecule has 10 nitrogen and oxygen atoms in total. The van der Waals surface area contributed by atoms with E-state index in [0.29, 0.717) is 38.1 Å². The van der Waals surface area contributed by atoms with Crippen molar-refractivity contribution in [3.05, 3.63) is 83.9 Å². The normalized spacial score (nSPS) is 19.2. The van der Waals surface area contributed by atoms with Gasteiger partial charge in [0.15, 0.2) is 9.84 Å². The maximum Gasteiger partial charge on any atom is 0.257 e. The number of rotatable bonds is 13. The molecule has 48 heavy (non-hydrogen) atoms. The molecule has 256 valence electrons. The first-order valence-electron chi connectivity index (χ1n) is 17.0. The number of ether oxygens (including phenoxy) is 2. The monoisotopic (exact) mass is 673 g/mol. The number of anilines is 1. The summed E-state index contributed by atoms with van der Waals surface area (Å²) in [6, 6.07) is 23.6. The summed E-state index contributed by atoms with van der Waals surface area (Å²) in [5, 5.41) is 3.75. The molecule has 4 aromatic rings. The Labute approximate surface area is 284 Å². The summed E-state index contributed by atoms with van der Waals surface area (Å²) in [5.74, 6) is 1.09. The minimum Gasteiger partial charge on any atom is -0.496 e. The van der Waals surface area contributed by atoms with E-state index in [1.165, 1.54) is 24.8 Å². The van der Waals surface area contributed by atoms with Gasteiger partial charge in [0.05, 0.1) is 35.2 Å². The SMILES string of the molecule is CCOCCn1c(NC2CCN(CCC3(c4ccccc4)CCN(C(=O)c4cc(S(C)(=O)=O)ccc4OC)C3)CC2)nc2ccccc21. The van der Waals surface area contributed by atoms with Gasteiger partial charge in [-0.3, -0.25) is 4.79 Å². The van der Waals surface area contributed by atoms with Crippen molar-refractivity contribution in [1.82, 2.24) is 19.4 Å². The maximum atomic E-state index is 13.9. The molecule has 0 bridgehead atoms. The molecule has 2 aliphatic rings. The molecule has 1 atom stereocenters. The molecule has 11 heteroatoms. The van der Waals surface area contributed by atoms with Crippen molar-refractivity contribution in [1.29, 1.82) is 0 Å². The van der Waals surface area contributed by atoms with E-state index >= 15 is 0 Å². The third-order valence-electron chi connectivity index (χ3n) is 10.0. The van der Waals surface area contributed by atoms with Crippen LogP contribution in [-0.4, -0.2) is 99.0 Å². The Kier molecular flexibility index (Phi) is 10.4. The van der Waals surface area contributed by atoms with E-state index in [2.05, 4.69) is 57.2 Å². The number of aromatic nitrogens is 2. The zero-order valence-electron chi connectivity index (χ0n) is 28.2. The fraction of sp³-hybridized carbons (Fsp3) is 0.459. The van der Waals surface area contributed by atoms with Gasteiger partial charge in [-0.05, 0) is 75.0 Å². The first kappa shape index (κ1) is 34.0. The molecule has 1 amide bonds. The zero-order chi connectivity index (χ0) is 33.7.